The number of hydrogen-bond acceptors (Lipinski definition) is 1. The zero-order valence-corrected chi connectivity index (χ0v) is 5.35. The molecule has 1 nitrogen and oxygen atoms in total. The Bertz CT molecular complexity index is 50.0. The molecular weight excluding hydrogens is 107 g/mol. The molecule has 0 aromatic rings. The average Bonchev–Trinajstić information content (AvgIpc) is 1.69. The predicted octanol–water partition coefficient (Wildman–Crippen LogP) is 0.820. The third-order valence-electron chi connectivity index (χ3n) is 1.31. The summed E-state index contributed by atoms with van der Waals surface area (Å²) in [7, 11) is 1.13. The highest BCUT2D eigenvalue weighted by Gasteiger charge is 2.07. The Morgan fingerprint density at radius 1 is 1.29 bits per heavy atom. The van der Waals surface area contributed by atoms with Gasteiger partial charge in [0.1, 0.15) is 0 Å². The van der Waals surface area contributed by atoms with Crippen LogP contribution in [-0.4, -0.2) is 23.5 Å². The van der Waals surface area contributed by atoms with Crippen molar-refractivity contribution in [1.82, 2.24) is 0 Å². The summed E-state index contributed by atoms with van der Waals surface area (Å²) in [6.45, 7) is 0. The van der Waals surface area contributed by atoms with Crippen molar-refractivity contribution in [2.24, 2.45) is 0 Å². The molecule has 42 valence electrons. The van der Waals surface area contributed by atoms with E-state index in [9.17, 15) is 0 Å². The van der Waals surface area contributed by atoms with Crippen molar-refractivity contribution in [2.75, 3.05) is 12.3 Å². The van der Waals surface area contributed by atoms with Gasteiger partial charge in [0.15, 0.2) is 0 Å². The first kappa shape index (κ1) is 5.53. The van der Waals surface area contributed by atoms with E-state index < -0.39 is 0 Å². The summed E-state index contributed by atoms with van der Waals surface area (Å²) in [5.41, 5.74) is 0. The first-order valence-electron chi connectivity index (χ1n) is 2.78. The fourth-order valence-corrected chi connectivity index (χ4v) is 2.13. The number of aliphatic hydroxyl groups is 1. The third-order valence-corrected chi connectivity index (χ3v) is 2.59. The lowest BCUT2D eigenvalue weighted by molar-refractivity contribution is 0.165. The molecule has 1 fully saturated rings. The van der Waals surface area contributed by atoms with Gasteiger partial charge in [0.05, 0.1) is 6.10 Å². The van der Waals surface area contributed by atoms with Crippen LogP contribution in [0.25, 0.3) is 0 Å². The van der Waals surface area contributed by atoms with E-state index in [1.54, 1.807) is 0 Å². The second-order valence-electron chi connectivity index (χ2n) is 1.98. The van der Waals surface area contributed by atoms with Crippen LogP contribution >= 0.6 is 8.58 Å². The molecule has 0 aromatic heterocycles. The molecule has 1 rings (SSSR count). The molecule has 0 amide bonds. The second kappa shape index (κ2) is 2.64. The third kappa shape index (κ3) is 1.75. The SMILES string of the molecule is OC1CCPCC1. The van der Waals surface area contributed by atoms with Gasteiger partial charge in [-0.1, -0.05) is 0 Å². The maximum Gasteiger partial charge on any atom is 0.0546 e. The van der Waals surface area contributed by atoms with E-state index in [1.807, 2.05) is 0 Å². The summed E-state index contributed by atoms with van der Waals surface area (Å²) in [4.78, 5) is 0. The van der Waals surface area contributed by atoms with Crippen LogP contribution in [0.1, 0.15) is 12.8 Å². The molecule has 1 N–H and O–H groups in total. The topological polar surface area (TPSA) is 20.2 Å². The zero-order chi connectivity index (χ0) is 5.11. The molecule has 0 radical (unpaired) electrons. The summed E-state index contributed by atoms with van der Waals surface area (Å²) in [5.74, 6) is 0. The highest BCUT2D eigenvalue weighted by molar-refractivity contribution is 7.38. The number of aliphatic hydroxyl groups excluding tert-OH is 1. The molecule has 0 spiro atoms. The molecule has 0 aromatic carbocycles. The molecule has 0 atom stereocenters. The molecule has 1 aliphatic heterocycles. The first-order valence-corrected chi connectivity index (χ1v) is 4.20. The van der Waals surface area contributed by atoms with E-state index >= 15 is 0 Å². The van der Waals surface area contributed by atoms with Gasteiger partial charge in [-0.15, -0.1) is 8.58 Å². The van der Waals surface area contributed by atoms with Crippen LogP contribution in [-0.2, 0) is 0 Å². The van der Waals surface area contributed by atoms with Gasteiger partial charge < -0.3 is 5.11 Å². The van der Waals surface area contributed by atoms with Gasteiger partial charge in [-0.3, -0.25) is 0 Å². The van der Waals surface area contributed by atoms with Crippen molar-refractivity contribution in [2.45, 2.75) is 18.9 Å². The average molecular weight is 118 g/mol. The van der Waals surface area contributed by atoms with Crippen LogP contribution in [0.4, 0.5) is 0 Å². The predicted molar refractivity (Wildman–Crippen MR) is 33.3 cm³/mol. The summed E-state index contributed by atoms with van der Waals surface area (Å²) in [6.07, 6.45) is 4.68. The Balaban J connectivity index is 2.12. The number of hydrogen-bond donors (Lipinski definition) is 1. The second-order valence-corrected chi connectivity index (χ2v) is 3.48. The lowest BCUT2D eigenvalue weighted by atomic mass is 10.2. The highest BCUT2D eigenvalue weighted by Crippen LogP contribution is 2.21. The van der Waals surface area contributed by atoms with E-state index in [-0.39, 0.29) is 6.10 Å². The van der Waals surface area contributed by atoms with Crippen LogP contribution in [0.5, 0.6) is 0 Å². The minimum Gasteiger partial charge on any atom is -0.393 e. The summed E-state index contributed by atoms with van der Waals surface area (Å²) < 4.78 is 0. The molecule has 0 unspecified atom stereocenters. The summed E-state index contributed by atoms with van der Waals surface area (Å²) >= 11 is 0. The van der Waals surface area contributed by atoms with Gasteiger partial charge in [0.25, 0.3) is 0 Å². The quantitative estimate of drug-likeness (QED) is 0.467. The van der Waals surface area contributed by atoms with E-state index in [2.05, 4.69) is 0 Å². The Labute approximate surface area is 45.9 Å². The molecule has 0 bridgehead atoms. The Morgan fingerprint density at radius 3 is 2.14 bits per heavy atom. The van der Waals surface area contributed by atoms with E-state index in [4.69, 9.17) is 5.11 Å². The standard InChI is InChI=1S/C5H11OP/c6-5-1-3-7-4-2-5/h5-7H,1-4H2. The number of rotatable bonds is 0. The molecule has 0 saturated carbocycles. The van der Waals surface area contributed by atoms with Gasteiger partial charge in [0.2, 0.25) is 0 Å². The van der Waals surface area contributed by atoms with Crippen molar-refractivity contribution >= 4 is 8.58 Å². The van der Waals surface area contributed by atoms with Crippen molar-refractivity contribution in [3.05, 3.63) is 0 Å². The monoisotopic (exact) mass is 118 g/mol. The van der Waals surface area contributed by atoms with Crippen molar-refractivity contribution in [3.8, 4) is 0 Å². The van der Waals surface area contributed by atoms with Gasteiger partial charge in [-0.05, 0) is 25.2 Å². The van der Waals surface area contributed by atoms with Gasteiger partial charge in [-0.25, -0.2) is 0 Å². The molecule has 1 aliphatic rings. The fraction of sp³-hybridized carbons (Fsp3) is 1.00. The largest absolute Gasteiger partial charge is 0.393 e. The van der Waals surface area contributed by atoms with Crippen molar-refractivity contribution < 1.29 is 5.11 Å². The maximum atomic E-state index is 8.91. The van der Waals surface area contributed by atoms with Gasteiger partial charge in [0, 0.05) is 0 Å². The molecule has 7 heavy (non-hydrogen) atoms. The fourth-order valence-electron chi connectivity index (χ4n) is 0.807. The minimum atomic E-state index is 0.0428. The smallest absolute Gasteiger partial charge is 0.0546 e. The molecule has 1 heterocycles. The Hall–Kier alpha value is 0.390. The van der Waals surface area contributed by atoms with Crippen molar-refractivity contribution in [3.63, 3.8) is 0 Å². The summed E-state index contributed by atoms with van der Waals surface area (Å²) in [6, 6.07) is 0. The van der Waals surface area contributed by atoms with Gasteiger partial charge >= 0.3 is 0 Å². The van der Waals surface area contributed by atoms with Crippen LogP contribution in [0, 0.1) is 0 Å². The van der Waals surface area contributed by atoms with E-state index in [0.29, 0.717) is 0 Å². The minimum absolute atomic E-state index is 0.0428. The van der Waals surface area contributed by atoms with E-state index in [1.165, 1.54) is 12.3 Å². The lowest BCUT2D eigenvalue weighted by Crippen LogP contribution is -2.12. The molecule has 0 aliphatic carbocycles. The Morgan fingerprint density at radius 2 is 1.86 bits per heavy atom. The first-order chi connectivity index (χ1) is 3.39. The molecular formula is C5H11OP. The highest BCUT2D eigenvalue weighted by atomic mass is 31.1. The van der Waals surface area contributed by atoms with Crippen LogP contribution in [0.15, 0.2) is 0 Å². The lowest BCUT2D eigenvalue weighted by Gasteiger charge is -2.14. The van der Waals surface area contributed by atoms with Crippen molar-refractivity contribution in [1.29, 1.82) is 0 Å². The normalized spacial score (nSPS) is 36.4. The Kier molecular flexibility index (Phi) is 2.08. The van der Waals surface area contributed by atoms with E-state index in [0.717, 1.165) is 21.4 Å². The van der Waals surface area contributed by atoms with Gasteiger partial charge in [-0.2, -0.15) is 0 Å². The van der Waals surface area contributed by atoms with Crippen LogP contribution in [0.2, 0.25) is 0 Å². The summed E-state index contributed by atoms with van der Waals surface area (Å²) in [5, 5.41) is 8.91. The molecule has 1 saturated heterocycles. The van der Waals surface area contributed by atoms with Crippen LogP contribution in [0.3, 0.4) is 0 Å². The molecule has 2 heteroatoms. The van der Waals surface area contributed by atoms with Crippen LogP contribution < -0.4 is 0 Å². The maximum absolute atomic E-state index is 8.91. The zero-order valence-electron chi connectivity index (χ0n) is 4.35.